The molecule has 0 bridgehead atoms. The molecule has 0 spiro atoms. The molecule has 6 nitrogen and oxygen atoms in total. The molecule has 0 saturated carbocycles. The summed E-state index contributed by atoms with van der Waals surface area (Å²) in [6.07, 6.45) is 0.307. The predicted molar refractivity (Wildman–Crippen MR) is 123 cm³/mol. The van der Waals surface area contributed by atoms with Crippen molar-refractivity contribution in [2.45, 2.75) is 45.3 Å². The van der Waals surface area contributed by atoms with Crippen LogP contribution in [0.5, 0.6) is 0 Å². The zero-order valence-electron chi connectivity index (χ0n) is 17.3. The molecule has 1 atom stereocenters. The van der Waals surface area contributed by atoms with Gasteiger partial charge < -0.3 is 20.9 Å². The van der Waals surface area contributed by atoms with E-state index in [1.165, 1.54) is 12.1 Å². The normalized spacial score (nSPS) is 11.7. The molecule has 0 fully saturated rings. The number of carboxylic acid groups (broad SMARTS) is 1. The number of alkyl carbamates (subject to hydrolysis) is 1. The molecule has 0 unspecified atom stereocenters. The Bertz CT molecular complexity index is 805. The molecule has 4 N–H and O–H groups in total. The maximum Gasteiger partial charge on any atom is 0.408 e. The van der Waals surface area contributed by atoms with Crippen LogP contribution in [0.2, 0.25) is 0 Å². The largest absolute Gasteiger partial charge is 0.480 e. The third-order valence-corrected chi connectivity index (χ3v) is 4.41. The van der Waals surface area contributed by atoms with Crippen LogP contribution in [0.3, 0.4) is 0 Å². The van der Waals surface area contributed by atoms with Crippen molar-refractivity contribution in [3.05, 3.63) is 69.0 Å². The van der Waals surface area contributed by atoms with Crippen LogP contribution in [0.1, 0.15) is 31.9 Å². The molecule has 2 aromatic carbocycles. The highest BCUT2D eigenvalue weighted by atomic mass is 127. The third-order valence-electron chi connectivity index (χ3n) is 3.69. The van der Waals surface area contributed by atoms with Gasteiger partial charge >= 0.3 is 12.1 Å². The van der Waals surface area contributed by atoms with Gasteiger partial charge in [-0.2, -0.15) is 0 Å². The number of carboxylic acids is 1. The summed E-state index contributed by atoms with van der Waals surface area (Å²) in [5.74, 6) is -1.28. The monoisotopic (exact) mass is 530 g/mol. The van der Waals surface area contributed by atoms with Gasteiger partial charge in [0.25, 0.3) is 0 Å². The van der Waals surface area contributed by atoms with Gasteiger partial charge in [0, 0.05) is 9.99 Å². The first kappa shape index (κ1) is 25.8. The van der Waals surface area contributed by atoms with E-state index in [4.69, 9.17) is 15.6 Å². The van der Waals surface area contributed by atoms with Crippen LogP contribution in [0.4, 0.5) is 9.18 Å². The molecule has 0 aliphatic carbocycles. The van der Waals surface area contributed by atoms with Crippen molar-refractivity contribution in [3.8, 4) is 0 Å². The number of nitrogens with two attached hydrogens (primary N) is 1. The van der Waals surface area contributed by atoms with Crippen LogP contribution in [0.25, 0.3) is 0 Å². The molecule has 0 saturated heterocycles. The molecule has 0 heterocycles. The summed E-state index contributed by atoms with van der Waals surface area (Å²) in [6.45, 7) is 5.79. The fourth-order valence-corrected chi connectivity index (χ4v) is 2.68. The van der Waals surface area contributed by atoms with E-state index >= 15 is 0 Å². The lowest BCUT2D eigenvalue weighted by Gasteiger charge is -2.22. The lowest BCUT2D eigenvalue weighted by molar-refractivity contribution is -0.139. The number of ether oxygens (including phenoxy) is 1. The average molecular weight is 530 g/mol. The molecule has 0 aliphatic heterocycles. The van der Waals surface area contributed by atoms with E-state index < -0.39 is 23.7 Å². The highest BCUT2D eigenvalue weighted by molar-refractivity contribution is 14.1. The van der Waals surface area contributed by atoms with Crippen LogP contribution in [0, 0.1) is 9.39 Å². The summed E-state index contributed by atoms with van der Waals surface area (Å²) in [7, 11) is 0. The number of carbonyl (C=O) groups excluding carboxylic acids is 1. The number of rotatable bonds is 6. The third kappa shape index (κ3) is 11.1. The van der Waals surface area contributed by atoms with Gasteiger partial charge in [0.1, 0.15) is 17.5 Å². The molecule has 0 radical (unpaired) electrons. The van der Waals surface area contributed by atoms with Gasteiger partial charge in [-0.25, -0.2) is 14.0 Å². The zero-order chi connectivity index (χ0) is 22.7. The minimum absolute atomic E-state index is 0.194. The molecule has 1 amide bonds. The number of hydrogen-bond acceptors (Lipinski definition) is 4. The molecule has 0 aliphatic rings. The second-order valence-electron chi connectivity index (χ2n) is 7.53. The molecule has 30 heavy (non-hydrogen) atoms. The minimum Gasteiger partial charge on any atom is -0.480 e. The summed E-state index contributed by atoms with van der Waals surface area (Å²) >= 11 is 2.17. The Balaban J connectivity index is 0.000000375. The van der Waals surface area contributed by atoms with Crippen molar-refractivity contribution >= 4 is 34.7 Å². The lowest BCUT2D eigenvalue weighted by Crippen LogP contribution is -2.44. The number of benzene rings is 2. The lowest BCUT2D eigenvalue weighted by atomic mass is 10.1. The van der Waals surface area contributed by atoms with Crippen LogP contribution >= 0.6 is 22.6 Å². The second kappa shape index (κ2) is 12.5. The Morgan fingerprint density at radius 2 is 1.63 bits per heavy atom. The Hall–Kier alpha value is -2.20. The van der Waals surface area contributed by atoms with Gasteiger partial charge in [-0.05, 0) is 91.7 Å². The van der Waals surface area contributed by atoms with Crippen molar-refractivity contribution in [1.29, 1.82) is 0 Å². The number of carbonyl (C=O) groups is 2. The van der Waals surface area contributed by atoms with Gasteiger partial charge in [0.05, 0.1) is 0 Å². The highest BCUT2D eigenvalue weighted by Gasteiger charge is 2.24. The molecular weight excluding hydrogens is 502 g/mol. The van der Waals surface area contributed by atoms with Gasteiger partial charge in [0.2, 0.25) is 0 Å². The van der Waals surface area contributed by atoms with E-state index in [-0.39, 0.29) is 12.2 Å². The molecule has 2 aromatic rings. The fourth-order valence-electron chi connectivity index (χ4n) is 2.32. The van der Waals surface area contributed by atoms with Crippen molar-refractivity contribution in [2.75, 3.05) is 6.54 Å². The Labute approximate surface area is 190 Å². The van der Waals surface area contributed by atoms with E-state index in [0.29, 0.717) is 6.54 Å². The van der Waals surface area contributed by atoms with Gasteiger partial charge in [0.15, 0.2) is 0 Å². The topological polar surface area (TPSA) is 102 Å². The highest BCUT2D eigenvalue weighted by Crippen LogP contribution is 2.11. The molecular formula is C22H28FIN2O4. The smallest absolute Gasteiger partial charge is 0.408 e. The Morgan fingerprint density at radius 3 is 2.10 bits per heavy atom. The van der Waals surface area contributed by atoms with E-state index in [1.807, 2.05) is 24.3 Å². The van der Waals surface area contributed by atoms with E-state index in [9.17, 15) is 14.0 Å². The van der Waals surface area contributed by atoms with Crippen LogP contribution < -0.4 is 11.1 Å². The second-order valence-corrected chi connectivity index (χ2v) is 8.78. The number of amides is 1. The average Bonchev–Trinajstić information content (AvgIpc) is 2.64. The quantitative estimate of drug-likeness (QED) is 0.488. The first-order valence-corrected chi connectivity index (χ1v) is 10.5. The summed E-state index contributed by atoms with van der Waals surface area (Å²) in [5.41, 5.74) is 6.58. The SMILES string of the molecule is CC(C)(C)OC(=O)N[C@@H](Cc1ccc(I)cc1)C(=O)O.NCCc1ccc(F)cc1. The van der Waals surface area contributed by atoms with Crippen molar-refractivity contribution in [1.82, 2.24) is 5.32 Å². The van der Waals surface area contributed by atoms with Gasteiger partial charge in [-0.15, -0.1) is 0 Å². The maximum absolute atomic E-state index is 12.3. The molecule has 164 valence electrons. The van der Waals surface area contributed by atoms with Crippen molar-refractivity contribution < 1.29 is 23.8 Å². The molecule has 2 rings (SSSR count). The van der Waals surface area contributed by atoms with Crippen molar-refractivity contribution in [2.24, 2.45) is 5.73 Å². The summed E-state index contributed by atoms with van der Waals surface area (Å²) in [4.78, 5) is 22.8. The van der Waals surface area contributed by atoms with Crippen LogP contribution in [-0.4, -0.2) is 35.4 Å². The zero-order valence-corrected chi connectivity index (χ0v) is 19.5. The molecule has 8 heteroatoms. The van der Waals surface area contributed by atoms with Gasteiger partial charge in [-0.3, -0.25) is 0 Å². The number of halogens is 2. The standard InChI is InChI=1S/C14H18INO4.C8H10FN/c1-14(2,3)20-13(19)16-11(12(17)18)8-9-4-6-10(15)7-5-9;9-8-3-1-7(2-4-8)5-6-10/h4-7,11H,8H2,1-3H3,(H,16,19)(H,17,18);1-4H,5-6,10H2/t11-;/m0./s1. The summed E-state index contributed by atoms with van der Waals surface area (Å²) in [5, 5.41) is 11.5. The molecule has 0 aromatic heterocycles. The first-order chi connectivity index (χ1) is 14.0. The number of nitrogens with one attached hydrogen (secondary N) is 1. The Kier molecular flexibility index (Phi) is 10.8. The van der Waals surface area contributed by atoms with E-state index in [0.717, 1.165) is 21.1 Å². The maximum atomic E-state index is 12.3. The van der Waals surface area contributed by atoms with Gasteiger partial charge in [-0.1, -0.05) is 24.3 Å². The summed E-state index contributed by atoms with van der Waals surface area (Å²) in [6, 6.07) is 12.9. The van der Waals surface area contributed by atoms with Crippen LogP contribution in [-0.2, 0) is 22.4 Å². The van der Waals surface area contributed by atoms with E-state index in [1.54, 1.807) is 32.9 Å². The van der Waals surface area contributed by atoms with E-state index in [2.05, 4.69) is 27.9 Å². The first-order valence-electron chi connectivity index (χ1n) is 9.41. The van der Waals surface area contributed by atoms with Crippen molar-refractivity contribution in [3.63, 3.8) is 0 Å². The summed E-state index contributed by atoms with van der Waals surface area (Å²) < 4.78 is 18.4. The Morgan fingerprint density at radius 1 is 1.10 bits per heavy atom. The predicted octanol–water partition coefficient (Wildman–Crippen LogP) is 4.14. The van der Waals surface area contributed by atoms with Crippen LogP contribution in [0.15, 0.2) is 48.5 Å². The minimum atomic E-state index is -1.09. The number of aliphatic carboxylic acids is 1. The number of hydrogen-bond donors (Lipinski definition) is 3. The fraction of sp³-hybridized carbons (Fsp3) is 0.364.